The predicted molar refractivity (Wildman–Crippen MR) is 185 cm³/mol. The molecule has 0 amide bonds. The van der Waals surface area contributed by atoms with Crippen LogP contribution in [0.1, 0.15) is 35.1 Å². The highest BCUT2D eigenvalue weighted by Gasteiger charge is 2.19. The highest BCUT2D eigenvalue weighted by Crippen LogP contribution is 2.44. The predicted octanol–water partition coefficient (Wildman–Crippen LogP) is 10.9. The second-order valence-electron chi connectivity index (χ2n) is 12.1. The van der Waals surface area contributed by atoms with E-state index in [4.69, 9.17) is 0 Å². The second kappa shape index (κ2) is 10.4. The van der Waals surface area contributed by atoms with Crippen LogP contribution in [0.3, 0.4) is 0 Å². The molecule has 0 saturated carbocycles. The maximum absolute atomic E-state index is 2.40. The van der Waals surface area contributed by atoms with Crippen molar-refractivity contribution in [3.63, 3.8) is 0 Å². The van der Waals surface area contributed by atoms with Crippen molar-refractivity contribution in [1.29, 1.82) is 0 Å². The fourth-order valence-electron chi connectivity index (χ4n) is 7.01. The number of hydrogen-bond acceptors (Lipinski definition) is 1. The Morgan fingerprint density at radius 2 is 1.07 bits per heavy atom. The van der Waals surface area contributed by atoms with E-state index < -0.39 is 0 Å². The van der Waals surface area contributed by atoms with Crippen molar-refractivity contribution in [3.05, 3.63) is 155 Å². The summed E-state index contributed by atoms with van der Waals surface area (Å²) in [6.07, 6.45) is 9.38. The highest BCUT2D eigenvalue weighted by molar-refractivity contribution is 6.21. The van der Waals surface area contributed by atoms with E-state index in [9.17, 15) is 0 Å². The molecule has 208 valence electrons. The lowest BCUT2D eigenvalue weighted by atomic mass is 9.85. The van der Waals surface area contributed by atoms with E-state index in [2.05, 4.69) is 146 Å². The first-order valence-electron chi connectivity index (χ1n) is 15.5. The third-order valence-electron chi connectivity index (χ3n) is 9.54. The van der Waals surface area contributed by atoms with E-state index in [1.165, 1.54) is 95.9 Å². The molecule has 0 saturated heterocycles. The quantitative estimate of drug-likeness (QED) is 0.192. The summed E-state index contributed by atoms with van der Waals surface area (Å²) in [4.78, 5) is 2.37. The Morgan fingerprint density at radius 3 is 1.60 bits per heavy atom. The van der Waals surface area contributed by atoms with Crippen LogP contribution in [0.4, 0.5) is 5.69 Å². The van der Waals surface area contributed by atoms with Crippen molar-refractivity contribution < 1.29 is 0 Å². The summed E-state index contributed by atoms with van der Waals surface area (Å²) < 4.78 is 0. The molecule has 0 aromatic heterocycles. The monoisotopic (exact) mass is 553 g/mol. The number of fused-ring (bicyclic) bond motifs is 3. The number of hydrogen-bond donors (Lipinski definition) is 0. The van der Waals surface area contributed by atoms with Gasteiger partial charge in [0.25, 0.3) is 0 Å². The summed E-state index contributed by atoms with van der Waals surface area (Å²) in [6.45, 7) is 2.15. The van der Waals surface area contributed by atoms with Gasteiger partial charge in [0.15, 0.2) is 0 Å². The smallest absolute Gasteiger partial charge is 0.0406 e. The molecule has 0 atom stereocenters. The van der Waals surface area contributed by atoms with Gasteiger partial charge in [0.1, 0.15) is 0 Å². The van der Waals surface area contributed by atoms with Crippen molar-refractivity contribution >= 4 is 32.8 Å². The van der Waals surface area contributed by atoms with E-state index in [0.717, 1.165) is 12.8 Å². The van der Waals surface area contributed by atoms with Crippen LogP contribution in [0, 0.1) is 6.92 Å². The number of benzene rings is 6. The van der Waals surface area contributed by atoms with E-state index in [-0.39, 0.29) is 0 Å². The molecule has 8 rings (SSSR count). The molecule has 2 aliphatic carbocycles. The van der Waals surface area contributed by atoms with Gasteiger partial charge in [-0.2, -0.15) is 0 Å². The minimum absolute atomic E-state index is 1.06. The van der Waals surface area contributed by atoms with E-state index in [1.807, 2.05) is 0 Å². The first-order valence-corrected chi connectivity index (χ1v) is 15.5. The Hall–Kier alpha value is -4.88. The minimum atomic E-state index is 1.06. The molecular weight excluding hydrogens is 518 g/mol. The van der Waals surface area contributed by atoms with E-state index >= 15 is 0 Å². The minimum Gasteiger partial charge on any atom is -0.348 e. The van der Waals surface area contributed by atoms with Crippen molar-refractivity contribution in [1.82, 2.24) is 0 Å². The largest absolute Gasteiger partial charge is 0.348 e. The van der Waals surface area contributed by atoms with Gasteiger partial charge in [0.05, 0.1) is 0 Å². The molecule has 0 aliphatic heterocycles. The topological polar surface area (TPSA) is 3.24 Å². The van der Waals surface area contributed by atoms with Gasteiger partial charge in [0.2, 0.25) is 0 Å². The molecule has 6 aromatic rings. The van der Waals surface area contributed by atoms with Gasteiger partial charge in [-0.1, -0.05) is 115 Å². The molecule has 0 unspecified atom stereocenters. The fourth-order valence-corrected chi connectivity index (χ4v) is 7.01. The molecule has 43 heavy (non-hydrogen) atoms. The van der Waals surface area contributed by atoms with E-state index in [0.29, 0.717) is 0 Å². The number of anilines is 1. The van der Waals surface area contributed by atoms with Gasteiger partial charge in [-0.3, -0.25) is 0 Å². The van der Waals surface area contributed by atoms with Gasteiger partial charge in [0, 0.05) is 18.4 Å². The molecule has 1 heteroatoms. The first kappa shape index (κ1) is 25.8. The summed E-state index contributed by atoms with van der Waals surface area (Å²) in [5, 5.41) is 5.18. The van der Waals surface area contributed by atoms with Crippen LogP contribution < -0.4 is 4.90 Å². The lowest BCUT2D eigenvalue weighted by Gasteiger charge is -2.27. The van der Waals surface area contributed by atoms with Crippen LogP contribution in [-0.2, 0) is 12.8 Å². The summed E-state index contributed by atoms with van der Waals surface area (Å²) >= 11 is 0. The van der Waals surface area contributed by atoms with Crippen LogP contribution in [0.25, 0.3) is 49.4 Å². The molecule has 0 spiro atoms. The zero-order valence-electron chi connectivity index (χ0n) is 24.9. The summed E-state index contributed by atoms with van der Waals surface area (Å²) in [5.41, 5.74) is 14.7. The summed E-state index contributed by atoms with van der Waals surface area (Å²) in [5.74, 6) is 0. The Morgan fingerprint density at radius 1 is 0.535 bits per heavy atom. The SMILES string of the molecule is Cc1ccc(-c2c3ccccc3c(-c3ccc(N(C)C4=CC(c5ccc6c(c5)CC6)=CCC4)cc3)c3ccccc23)cc1. The molecule has 0 fully saturated rings. The normalized spacial score (nSPS) is 14.2. The van der Waals surface area contributed by atoms with Gasteiger partial charge >= 0.3 is 0 Å². The summed E-state index contributed by atoms with van der Waals surface area (Å²) in [6, 6.07) is 43.0. The van der Waals surface area contributed by atoms with Crippen LogP contribution in [0.2, 0.25) is 0 Å². The van der Waals surface area contributed by atoms with Crippen molar-refractivity contribution in [2.24, 2.45) is 0 Å². The molecule has 0 heterocycles. The van der Waals surface area contributed by atoms with Crippen molar-refractivity contribution in [3.8, 4) is 22.3 Å². The van der Waals surface area contributed by atoms with Gasteiger partial charge in [-0.15, -0.1) is 0 Å². The molecular formula is C42H35N. The molecule has 1 nitrogen and oxygen atoms in total. The number of rotatable bonds is 5. The highest BCUT2D eigenvalue weighted by atomic mass is 15.1. The molecule has 2 aliphatic rings. The molecule has 0 N–H and O–H groups in total. The Kier molecular flexibility index (Phi) is 6.26. The third-order valence-corrected chi connectivity index (χ3v) is 9.54. The second-order valence-corrected chi connectivity index (χ2v) is 12.1. The number of aryl methyl sites for hydroxylation is 3. The van der Waals surface area contributed by atoms with Gasteiger partial charge in [-0.25, -0.2) is 0 Å². The van der Waals surface area contributed by atoms with Crippen LogP contribution >= 0.6 is 0 Å². The third kappa shape index (κ3) is 4.48. The maximum atomic E-state index is 2.40. The van der Waals surface area contributed by atoms with Crippen molar-refractivity contribution in [2.45, 2.75) is 32.6 Å². The average Bonchev–Trinajstić information content (AvgIpc) is 3.04. The Labute approximate surface area is 254 Å². The molecule has 0 radical (unpaired) electrons. The Balaban J connectivity index is 1.18. The number of nitrogens with zero attached hydrogens (tertiary/aromatic N) is 1. The lowest BCUT2D eigenvalue weighted by molar-refractivity contribution is 0.838. The zero-order valence-corrected chi connectivity index (χ0v) is 24.9. The summed E-state index contributed by atoms with van der Waals surface area (Å²) in [7, 11) is 2.21. The van der Waals surface area contributed by atoms with Crippen LogP contribution in [0.5, 0.6) is 0 Å². The zero-order chi connectivity index (χ0) is 28.9. The number of allylic oxidation sites excluding steroid dienone is 4. The average molecular weight is 554 g/mol. The van der Waals surface area contributed by atoms with Gasteiger partial charge in [-0.05, 0) is 117 Å². The van der Waals surface area contributed by atoms with Crippen LogP contribution in [-0.4, -0.2) is 7.05 Å². The first-order chi connectivity index (χ1) is 21.1. The lowest BCUT2D eigenvalue weighted by Crippen LogP contribution is -2.18. The van der Waals surface area contributed by atoms with Gasteiger partial charge < -0.3 is 4.90 Å². The van der Waals surface area contributed by atoms with Crippen molar-refractivity contribution in [2.75, 3.05) is 11.9 Å². The van der Waals surface area contributed by atoms with Crippen LogP contribution in [0.15, 0.2) is 133 Å². The standard InChI is InChI=1S/C42H35N/c1-28-14-16-30(17-15-28)41-37-10-3-5-12-39(37)42(40-13-6-4-11-38(40)41)31-22-24-35(25-23-31)43(2)36-9-7-8-32(27-36)34-21-19-29-18-20-33(29)26-34/h3-6,8,10-17,19,21-27H,7,9,18,20H2,1-2H3. The van der Waals surface area contributed by atoms with E-state index in [1.54, 1.807) is 0 Å². The molecule has 0 bridgehead atoms. The maximum Gasteiger partial charge on any atom is 0.0406 e. The fraction of sp³-hybridized carbons (Fsp3) is 0.143. The Bertz CT molecular complexity index is 2020. The molecule has 6 aromatic carbocycles.